The predicted octanol–water partition coefficient (Wildman–Crippen LogP) is 12.5. The van der Waals surface area contributed by atoms with Gasteiger partial charge < -0.3 is 18.8 Å². The van der Waals surface area contributed by atoms with Gasteiger partial charge in [0, 0.05) is 33.8 Å². The Labute approximate surface area is 319 Å². The highest BCUT2D eigenvalue weighted by molar-refractivity contribution is 5.86. The number of ether oxygens (including phenoxy) is 2. The zero-order valence-electron chi connectivity index (χ0n) is 31.2. The molecule has 54 heavy (non-hydrogen) atoms. The van der Waals surface area contributed by atoms with Crippen LogP contribution in [0.2, 0.25) is 0 Å². The van der Waals surface area contributed by atoms with Crippen molar-refractivity contribution in [3.8, 4) is 39.8 Å². The Balaban J connectivity index is 0.923. The van der Waals surface area contributed by atoms with Crippen LogP contribution >= 0.6 is 0 Å². The summed E-state index contributed by atoms with van der Waals surface area (Å²) in [5, 5.41) is 8.71. The van der Waals surface area contributed by atoms with Crippen molar-refractivity contribution >= 4 is 23.0 Å². The minimum Gasteiger partial charge on any atom is -0.494 e. The maximum atomic E-state index is 11.4. The summed E-state index contributed by atoms with van der Waals surface area (Å²) in [6, 6.07) is 45.3. The molecule has 0 saturated heterocycles. The molecule has 7 nitrogen and oxygen atoms in total. The van der Waals surface area contributed by atoms with Crippen LogP contribution in [-0.4, -0.2) is 29.4 Å². The number of para-hydroxylation sites is 2. The number of anilines is 3. The fraction of sp³-hybridized carbons (Fsp3) is 0.255. The second kappa shape index (κ2) is 19.8. The summed E-state index contributed by atoms with van der Waals surface area (Å²) in [7, 11) is 0. The summed E-state index contributed by atoms with van der Waals surface area (Å²) in [4.78, 5) is 13.6. The number of esters is 1. The lowest BCUT2D eigenvalue weighted by Crippen LogP contribution is -2.09. The molecule has 0 saturated carbocycles. The Bertz CT molecular complexity index is 1980. The first-order valence-electron chi connectivity index (χ1n) is 19.1. The van der Waals surface area contributed by atoms with Crippen molar-refractivity contribution in [2.75, 3.05) is 18.1 Å². The van der Waals surface area contributed by atoms with Crippen LogP contribution in [-0.2, 0) is 9.53 Å². The molecular weight excluding hydrogens is 671 g/mol. The zero-order chi connectivity index (χ0) is 37.4. The van der Waals surface area contributed by atoms with Crippen molar-refractivity contribution in [2.45, 2.75) is 64.7 Å². The Morgan fingerprint density at radius 2 is 0.944 bits per heavy atom. The van der Waals surface area contributed by atoms with Crippen LogP contribution in [0.15, 0.2) is 150 Å². The molecule has 1 aromatic heterocycles. The van der Waals surface area contributed by atoms with Crippen molar-refractivity contribution in [3.63, 3.8) is 0 Å². The Morgan fingerprint density at radius 1 is 0.537 bits per heavy atom. The molecule has 276 valence electrons. The van der Waals surface area contributed by atoms with E-state index >= 15 is 0 Å². The molecule has 0 aliphatic carbocycles. The topological polar surface area (TPSA) is 77.7 Å². The van der Waals surface area contributed by atoms with Crippen molar-refractivity contribution < 1.29 is 18.7 Å². The van der Waals surface area contributed by atoms with E-state index in [1.807, 2.05) is 72.8 Å². The van der Waals surface area contributed by atoms with Gasteiger partial charge in [0.05, 0.1) is 13.2 Å². The number of hydrogen-bond donors (Lipinski definition) is 0. The highest BCUT2D eigenvalue weighted by atomic mass is 16.5. The molecule has 6 aromatic rings. The van der Waals surface area contributed by atoms with Gasteiger partial charge in [-0.05, 0) is 104 Å². The van der Waals surface area contributed by atoms with Gasteiger partial charge in [0.2, 0.25) is 11.8 Å². The molecule has 0 radical (unpaired) electrons. The summed E-state index contributed by atoms with van der Waals surface area (Å²) in [5.74, 6) is 1.56. The highest BCUT2D eigenvalue weighted by Gasteiger charge is 2.15. The van der Waals surface area contributed by atoms with Gasteiger partial charge in [-0.15, -0.1) is 10.2 Å². The summed E-state index contributed by atoms with van der Waals surface area (Å²) in [6.07, 6.45) is 10.4. The largest absolute Gasteiger partial charge is 0.494 e. The van der Waals surface area contributed by atoms with Crippen LogP contribution in [0, 0.1) is 0 Å². The lowest BCUT2D eigenvalue weighted by atomic mass is 10.0. The van der Waals surface area contributed by atoms with Crippen molar-refractivity contribution in [1.82, 2.24) is 10.2 Å². The fourth-order valence-corrected chi connectivity index (χ4v) is 6.28. The number of benzene rings is 5. The molecular formula is C47H49N3O4. The molecule has 0 fully saturated rings. The van der Waals surface area contributed by atoms with Crippen molar-refractivity contribution in [3.05, 3.63) is 146 Å². The molecule has 6 rings (SSSR count). The van der Waals surface area contributed by atoms with Gasteiger partial charge in [0.25, 0.3) is 0 Å². The van der Waals surface area contributed by atoms with Crippen molar-refractivity contribution in [2.24, 2.45) is 0 Å². The van der Waals surface area contributed by atoms with Gasteiger partial charge in [0.1, 0.15) is 5.75 Å². The van der Waals surface area contributed by atoms with E-state index in [9.17, 15) is 4.79 Å². The molecule has 0 amide bonds. The quantitative estimate of drug-likeness (QED) is 0.0441. The predicted molar refractivity (Wildman–Crippen MR) is 218 cm³/mol. The number of nitrogens with zero attached hydrogens (tertiary/aromatic N) is 3. The Morgan fingerprint density at radius 3 is 1.44 bits per heavy atom. The number of unbranched alkanes of at least 4 members (excludes halogenated alkanes) is 8. The van der Waals surface area contributed by atoms with Crippen LogP contribution in [0.25, 0.3) is 34.0 Å². The third-order valence-electron chi connectivity index (χ3n) is 9.28. The molecule has 5 aromatic carbocycles. The number of rotatable bonds is 20. The molecule has 0 N–H and O–H groups in total. The average Bonchev–Trinajstić information content (AvgIpc) is 3.72. The third kappa shape index (κ3) is 10.8. The molecule has 7 heteroatoms. The monoisotopic (exact) mass is 719 g/mol. The van der Waals surface area contributed by atoms with E-state index in [0.717, 1.165) is 70.9 Å². The number of carbonyl (C=O) groups excluding carboxylic acids is 1. The zero-order valence-corrected chi connectivity index (χ0v) is 31.2. The lowest BCUT2D eigenvalue weighted by Gasteiger charge is -2.25. The highest BCUT2D eigenvalue weighted by Crippen LogP contribution is 2.35. The van der Waals surface area contributed by atoms with Gasteiger partial charge in [-0.3, -0.25) is 0 Å². The van der Waals surface area contributed by atoms with Gasteiger partial charge in [-0.25, -0.2) is 4.79 Å². The molecule has 0 bridgehead atoms. The van der Waals surface area contributed by atoms with Gasteiger partial charge in [-0.1, -0.05) is 112 Å². The SMILES string of the molecule is C=C(C)C(=O)OCCCCCCCCCCCOc1ccc(-c2ccc(-c3nnc(-c4ccc(N(c5ccccc5)c5ccccc5)cc4)o3)cc2)cc1. The maximum absolute atomic E-state index is 11.4. The second-order valence-electron chi connectivity index (χ2n) is 13.5. The maximum Gasteiger partial charge on any atom is 0.333 e. The second-order valence-corrected chi connectivity index (χ2v) is 13.5. The van der Waals surface area contributed by atoms with Crippen LogP contribution in [0.4, 0.5) is 17.1 Å². The number of hydrogen-bond acceptors (Lipinski definition) is 7. The van der Waals surface area contributed by atoms with E-state index in [4.69, 9.17) is 13.9 Å². The number of carbonyl (C=O) groups is 1. The summed E-state index contributed by atoms with van der Waals surface area (Å²) in [6.45, 7) is 6.50. The van der Waals surface area contributed by atoms with Crippen molar-refractivity contribution in [1.29, 1.82) is 0 Å². The van der Waals surface area contributed by atoms with E-state index in [1.54, 1.807) is 6.92 Å². The van der Waals surface area contributed by atoms with Crippen LogP contribution < -0.4 is 9.64 Å². The Kier molecular flexibility index (Phi) is 13.8. The van der Waals surface area contributed by atoms with E-state index < -0.39 is 0 Å². The van der Waals surface area contributed by atoms with Crippen LogP contribution in [0.3, 0.4) is 0 Å². The molecule has 0 spiro atoms. The molecule has 0 aliphatic rings. The van der Waals surface area contributed by atoms with Gasteiger partial charge >= 0.3 is 5.97 Å². The summed E-state index contributed by atoms with van der Waals surface area (Å²) in [5.41, 5.74) is 7.62. The van der Waals surface area contributed by atoms with E-state index in [2.05, 4.69) is 82.3 Å². The first-order chi connectivity index (χ1) is 26.5. The average molecular weight is 720 g/mol. The molecule has 1 heterocycles. The first-order valence-corrected chi connectivity index (χ1v) is 19.1. The summed E-state index contributed by atoms with van der Waals surface area (Å²) >= 11 is 0. The standard InChI is InChI=1S/C47H49N3O4/c1-36(2)47(51)53-35-17-9-7-5-3-4-6-8-16-34-52-44-32-28-38(29-33-44)37-22-24-39(25-23-37)45-48-49-46(54-45)40-26-30-43(31-27-40)50(41-18-12-10-13-19-41)42-20-14-11-15-21-42/h10-15,18-33H,1,3-9,16-17,34-35H2,2H3. The van der Waals surface area contributed by atoms with Crippen LogP contribution in [0.5, 0.6) is 5.75 Å². The van der Waals surface area contributed by atoms with E-state index in [-0.39, 0.29) is 5.97 Å². The summed E-state index contributed by atoms with van der Waals surface area (Å²) < 4.78 is 17.3. The fourth-order valence-electron chi connectivity index (χ4n) is 6.28. The number of aromatic nitrogens is 2. The van der Waals surface area contributed by atoms with E-state index in [0.29, 0.717) is 24.0 Å². The third-order valence-corrected chi connectivity index (χ3v) is 9.28. The molecule has 0 aliphatic heterocycles. The Hall–Kier alpha value is -5.95. The normalized spacial score (nSPS) is 10.9. The molecule has 0 unspecified atom stereocenters. The minimum absolute atomic E-state index is 0.287. The smallest absolute Gasteiger partial charge is 0.333 e. The lowest BCUT2D eigenvalue weighted by molar-refractivity contribution is -0.139. The minimum atomic E-state index is -0.287. The molecule has 0 atom stereocenters. The van der Waals surface area contributed by atoms with Crippen LogP contribution in [0.1, 0.15) is 64.7 Å². The van der Waals surface area contributed by atoms with Gasteiger partial charge in [-0.2, -0.15) is 0 Å². The van der Waals surface area contributed by atoms with E-state index in [1.165, 1.54) is 38.5 Å². The first kappa shape index (κ1) is 37.8. The van der Waals surface area contributed by atoms with Gasteiger partial charge in [0.15, 0.2) is 0 Å².